The second kappa shape index (κ2) is 7.24. The van der Waals surface area contributed by atoms with Gasteiger partial charge in [0.15, 0.2) is 12.7 Å². The fraction of sp³-hybridized carbons (Fsp3) is 0.0286. The minimum absolute atomic E-state index is 0.943. The maximum absolute atomic E-state index is 5.21. The third-order valence-electron chi connectivity index (χ3n) is 8.80. The maximum atomic E-state index is 5.21. The highest BCUT2D eigenvalue weighted by Gasteiger charge is 2.60. The normalized spacial score (nSPS) is 14.4. The molecule has 4 aromatic carbocycles. The summed E-state index contributed by atoms with van der Waals surface area (Å²) in [5, 5.41) is 5.76. The number of pyridine rings is 2. The van der Waals surface area contributed by atoms with Gasteiger partial charge in [0.05, 0.1) is 10.9 Å². The van der Waals surface area contributed by atoms with Crippen molar-refractivity contribution in [3.8, 4) is 44.6 Å². The van der Waals surface area contributed by atoms with Crippen LogP contribution in [0.15, 0.2) is 128 Å². The Hall–Kier alpha value is -4.60. The van der Waals surface area contributed by atoms with E-state index in [0.29, 0.717) is 0 Å². The molecule has 0 N–H and O–H groups in total. The molecular weight excluding hydrogens is 476 g/mol. The molecule has 5 heterocycles. The zero-order valence-electron chi connectivity index (χ0n) is 20.7. The van der Waals surface area contributed by atoms with Crippen molar-refractivity contribution < 1.29 is 4.57 Å². The summed E-state index contributed by atoms with van der Waals surface area (Å²) in [6.45, 7) is 0.943. The highest BCUT2D eigenvalue weighted by atomic mass is 28.3. The van der Waals surface area contributed by atoms with Crippen LogP contribution >= 0.6 is 0 Å². The van der Waals surface area contributed by atoms with E-state index in [9.17, 15) is 0 Å². The molecule has 0 bridgehead atoms. The zero-order valence-corrected chi connectivity index (χ0v) is 21.7. The van der Waals surface area contributed by atoms with Gasteiger partial charge in [-0.25, -0.2) is 0 Å². The standard InChI is InChI=1S/C35H23N2Si/c1-3-8-23(9-4-1)25-13-15-30-28(20-25)29-21-26(24-10-5-2-6-11-24)14-16-31(29)38(30)32-12-7-19-37-22-27-17-18-36-35(38)33(27)34(32)37/h1-21H,22H2/q+1. The van der Waals surface area contributed by atoms with Crippen LogP contribution in [0.25, 0.3) is 44.6 Å². The van der Waals surface area contributed by atoms with Gasteiger partial charge >= 0.3 is 0 Å². The van der Waals surface area contributed by atoms with Gasteiger partial charge in [0.2, 0.25) is 13.8 Å². The summed E-state index contributed by atoms with van der Waals surface area (Å²) in [5.41, 5.74) is 12.0. The van der Waals surface area contributed by atoms with Crippen LogP contribution in [0, 0.1) is 0 Å². The van der Waals surface area contributed by atoms with Gasteiger partial charge in [-0.05, 0) is 68.0 Å². The molecule has 3 aliphatic heterocycles. The van der Waals surface area contributed by atoms with Gasteiger partial charge < -0.3 is 0 Å². The first-order valence-corrected chi connectivity index (χ1v) is 15.3. The van der Waals surface area contributed by atoms with Crippen LogP contribution in [0.4, 0.5) is 0 Å². The average Bonchev–Trinajstić information content (AvgIpc) is 3.62. The highest BCUT2D eigenvalue weighted by molar-refractivity contribution is 7.24. The summed E-state index contributed by atoms with van der Waals surface area (Å²) in [6.07, 6.45) is 4.29. The minimum Gasteiger partial charge on any atom is -0.264 e. The number of fused-ring (bicyclic) bond motifs is 7. The largest absolute Gasteiger partial charge is 0.264 e. The van der Waals surface area contributed by atoms with E-state index in [0.717, 1.165) is 6.54 Å². The summed E-state index contributed by atoms with van der Waals surface area (Å²) in [5.74, 6) is 0. The third kappa shape index (κ3) is 2.42. The van der Waals surface area contributed by atoms with Gasteiger partial charge in [-0.1, -0.05) is 84.9 Å². The quantitative estimate of drug-likeness (QED) is 0.254. The Bertz CT molecular complexity index is 1800. The number of aromatic nitrogens is 2. The molecule has 0 atom stereocenters. The predicted octanol–water partition coefficient (Wildman–Crippen LogP) is 4.40. The molecule has 3 heteroatoms. The second-order valence-corrected chi connectivity index (χ2v) is 14.2. The van der Waals surface area contributed by atoms with E-state index in [1.807, 2.05) is 6.20 Å². The molecule has 0 amide bonds. The third-order valence-corrected chi connectivity index (χ3v) is 13.6. The molecular formula is C35H23N2Si+. The second-order valence-electron chi connectivity index (χ2n) is 10.6. The molecule has 3 aliphatic rings. The van der Waals surface area contributed by atoms with E-state index >= 15 is 0 Å². The first kappa shape index (κ1) is 20.5. The molecule has 0 radical (unpaired) electrons. The molecule has 176 valence electrons. The molecule has 0 saturated heterocycles. The van der Waals surface area contributed by atoms with E-state index < -0.39 is 8.07 Å². The van der Waals surface area contributed by atoms with Gasteiger partial charge in [-0.2, -0.15) is 4.57 Å². The Morgan fingerprint density at radius 1 is 0.579 bits per heavy atom. The number of benzene rings is 4. The van der Waals surface area contributed by atoms with Gasteiger partial charge in [0.25, 0.3) is 0 Å². The Labute approximate surface area is 222 Å². The Balaban J connectivity index is 1.40. The lowest BCUT2D eigenvalue weighted by molar-refractivity contribution is -0.671. The van der Waals surface area contributed by atoms with Crippen LogP contribution in [0.5, 0.6) is 0 Å². The van der Waals surface area contributed by atoms with Crippen molar-refractivity contribution in [3.63, 3.8) is 0 Å². The van der Waals surface area contributed by atoms with E-state index in [-0.39, 0.29) is 0 Å². The van der Waals surface area contributed by atoms with Gasteiger partial charge in [0, 0.05) is 23.0 Å². The Kier molecular flexibility index (Phi) is 3.90. The highest BCUT2D eigenvalue weighted by Crippen LogP contribution is 2.39. The number of hydrogen-bond acceptors (Lipinski definition) is 1. The average molecular weight is 500 g/mol. The summed E-state index contributed by atoms with van der Waals surface area (Å²) < 4.78 is 2.45. The van der Waals surface area contributed by atoms with Crippen LogP contribution < -0.4 is 25.4 Å². The maximum Gasteiger partial charge on any atom is 0.215 e. The predicted molar refractivity (Wildman–Crippen MR) is 156 cm³/mol. The van der Waals surface area contributed by atoms with Crippen molar-refractivity contribution in [1.82, 2.24) is 4.98 Å². The van der Waals surface area contributed by atoms with Crippen LogP contribution in [0.2, 0.25) is 0 Å². The fourth-order valence-corrected chi connectivity index (χ4v) is 12.7. The molecule has 0 aliphatic carbocycles. The molecule has 0 saturated carbocycles. The molecule has 2 nitrogen and oxygen atoms in total. The van der Waals surface area contributed by atoms with Crippen molar-refractivity contribution in [2.24, 2.45) is 0 Å². The molecule has 38 heavy (non-hydrogen) atoms. The molecule has 0 fully saturated rings. The molecule has 6 aromatic rings. The van der Waals surface area contributed by atoms with Crippen molar-refractivity contribution in [2.45, 2.75) is 6.54 Å². The Morgan fingerprint density at radius 3 is 1.84 bits per heavy atom. The van der Waals surface area contributed by atoms with E-state index in [2.05, 4.69) is 126 Å². The van der Waals surface area contributed by atoms with Crippen molar-refractivity contribution >= 4 is 29.0 Å². The van der Waals surface area contributed by atoms with Crippen LogP contribution in [-0.2, 0) is 6.54 Å². The summed E-state index contributed by atoms with van der Waals surface area (Å²) in [6, 6.07) is 42.8. The first-order valence-electron chi connectivity index (χ1n) is 13.3. The number of nitrogens with zero attached hydrogens (tertiary/aromatic N) is 2. The van der Waals surface area contributed by atoms with Crippen LogP contribution in [0.3, 0.4) is 0 Å². The lowest BCUT2D eigenvalue weighted by Gasteiger charge is -2.26. The smallest absolute Gasteiger partial charge is 0.215 e. The summed E-state index contributed by atoms with van der Waals surface area (Å²) in [7, 11) is -2.52. The molecule has 2 aromatic heterocycles. The number of rotatable bonds is 2. The van der Waals surface area contributed by atoms with Gasteiger partial charge in [-0.15, -0.1) is 0 Å². The summed E-state index contributed by atoms with van der Waals surface area (Å²) >= 11 is 0. The minimum atomic E-state index is -2.52. The van der Waals surface area contributed by atoms with E-state index in [1.54, 1.807) is 0 Å². The SMILES string of the molecule is c1ccc(-c2ccc3c(c2)-c2cc(-c4ccccc4)ccc2[Si]32c3ccc[n+]4c3-c3c(ccnc32)C4)cc1. The van der Waals surface area contributed by atoms with E-state index in [1.165, 1.54) is 71.1 Å². The topological polar surface area (TPSA) is 16.8 Å². The van der Waals surface area contributed by atoms with E-state index in [4.69, 9.17) is 4.98 Å². The monoisotopic (exact) mass is 499 g/mol. The molecule has 9 rings (SSSR count). The lowest BCUT2D eigenvalue weighted by atomic mass is 9.96. The van der Waals surface area contributed by atoms with Gasteiger partial charge in [0.1, 0.15) is 0 Å². The van der Waals surface area contributed by atoms with Crippen LogP contribution in [-0.4, -0.2) is 13.1 Å². The lowest BCUT2D eigenvalue weighted by Crippen LogP contribution is -2.72. The van der Waals surface area contributed by atoms with Crippen molar-refractivity contribution in [3.05, 3.63) is 133 Å². The summed E-state index contributed by atoms with van der Waals surface area (Å²) in [4.78, 5) is 5.21. The van der Waals surface area contributed by atoms with Gasteiger partial charge in [-0.3, -0.25) is 4.98 Å². The molecule has 1 spiro atoms. The van der Waals surface area contributed by atoms with Crippen molar-refractivity contribution in [2.75, 3.05) is 0 Å². The number of hydrogen-bond donors (Lipinski definition) is 0. The first-order chi connectivity index (χ1) is 18.8. The zero-order chi connectivity index (χ0) is 24.8. The fourth-order valence-electron chi connectivity index (χ4n) is 7.26. The Morgan fingerprint density at radius 2 is 1.21 bits per heavy atom. The van der Waals surface area contributed by atoms with Crippen LogP contribution in [0.1, 0.15) is 5.56 Å². The van der Waals surface area contributed by atoms with Crippen molar-refractivity contribution in [1.29, 1.82) is 0 Å². The molecule has 0 unspecified atom stereocenters.